The van der Waals surface area contributed by atoms with E-state index >= 15 is 0 Å². The van der Waals surface area contributed by atoms with Crippen LogP contribution < -0.4 is 9.97 Å². The molecule has 11 aromatic rings. The van der Waals surface area contributed by atoms with Gasteiger partial charge in [-0.3, -0.25) is 0 Å². The summed E-state index contributed by atoms with van der Waals surface area (Å²) in [5, 5.41) is 0. The summed E-state index contributed by atoms with van der Waals surface area (Å²) in [7, 11) is 0. The zero-order valence-electron chi connectivity index (χ0n) is 47.8. The quantitative estimate of drug-likeness (QED) is 0.109. The fourth-order valence-corrected chi connectivity index (χ4v) is 11.8. The number of aromatic nitrogens is 8. The van der Waals surface area contributed by atoms with E-state index in [4.69, 9.17) is 46.4 Å². The van der Waals surface area contributed by atoms with Crippen molar-refractivity contribution in [3.63, 3.8) is 0 Å². The van der Waals surface area contributed by atoms with Gasteiger partial charge in [0.1, 0.15) is 0 Å². The number of nitrogens with zero attached hydrogens (tertiary/aromatic N) is 9. The molecule has 0 atom stereocenters. The van der Waals surface area contributed by atoms with E-state index in [0.29, 0.717) is 51.9 Å². The average Bonchev–Trinajstić information content (AvgIpc) is 2.86. The van der Waals surface area contributed by atoms with Gasteiger partial charge < -0.3 is 34.7 Å². The molecule has 0 amide bonds. The van der Waals surface area contributed by atoms with Gasteiger partial charge in [-0.2, -0.15) is 0 Å². The van der Waals surface area contributed by atoms with Crippen molar-refractivity contribution in [3.8, 4) is 44.5 Å². The third-order valence-corrected chi connectivity index (χ3v) is 15.7. The fourth-order valence-electron chi connectivity index (χ4n) is 11.8. The molecule has 8 bridgehead atoms. The minimum Gasteiger partial charge on any atom is -0.357 e. The Kier molecular flexibility index (Phi) is 16.0. The Bertz CT molecular complexity index is 4290. The van der Waals surface area contributed by atoms with Crippen LogP contribution in [0.4, 0.5) is 0 Å². The maximum Gasteiger partial charge on any atom is 2.00 e. The van der Waals surface area contributed by atoms with Crippen LogP contribution in [0.1, 0.15) is 99.9 Å². The summed E-state index contributed by atoms with van der Waals surface area (Å²) >= 11 is 0. The van der Waals surface area contributed by atoms with Gasteiger partial charge in [0.15, 0.2) is 0 Å². The monoisotopic (exact) mass is 1140 g/mol. The van der Waals surface area contributed by atoms with E-state index < -0.39 is 0 Å². The molecule has 14 rings (SSSR count). The molecule has 0 spiro atoms. The maximum absolute atomic E-state index is 6.72. The second-order valence-electron chi connectivity index (χ2n) is 21.8. The number of hydrogen-bond donors (Lipinski definition) is 0. The molecule has 412 valence electrons. The number of aryl methyl sites for hydroxylation is 4. The molecule has 0 saturated heterocycles. The normalized spacial score (nSPS) is 13.2. The van der Waals surface area contributed by atoms with Gasteiger partial charge in [-0.05, 0) is 85.0 Å². The zero-order valence-corrected chi connectivity index (χ0v) is 48.9. The summed E-state index contributed by atoms with van der Waals surface area (Å²) in [5.41, 5.74) is 20.3. The summed E-state index contributed by atoms with van der Waals surface area (Å²) in [5.74, 6) is 1.85. The van der Waals surface area contributed by atoms with Crippen LogP contribution in [0, 0.1) is 34.3 Å². The standard InChI is InChI=1S/C68H48N8.C7H11N.Fe/c1-41-21-17-33-49(37-41)57-53(45-25-9-5-10-26-45)61-69-65(57)73-62-54(46-27-11-6-12-28-46)58(50-34-18-22-42(2)38-50)67(70-62)75-64-56(48-31-15-8-16-32-48)60(52-36-20-24-44(4)40-52)68(72-64)76-63-55(47-29-13-7-14-30-47)59(66(71-63)74-61)51-35-19-23-43(3)39-51;1-8-7-5-3-2-4-6-7;/h5-40H,1-4H3;7H,2-6H2;/q-2;;+2. The molecule has 1 aliphatic carbocycles. The average molecular weight is 1140 g/mol. The molecule has 8 aromatic carbocycles. The van der Waals surface area contributed by atoms with Crippen LogP contribution in [0.25, 0.3) is 94.2 Å². The summed E-state index contributed by atoms with van der Waals surface area (Å²) in [6.07, 6.45) is 6.24. The Morgan fingerprint density at radius 3 is 0.894 bits per heavy atom. The van der Waals surface area contributed by atoms with Crippen molar-refractivity contribution in [2.45, 2.75) is 65.8 Å². The Hall–Kier alpha value is -9.91. The smallest absolute Gasteiger partial charge is 0.357 e. The van der Waals surface area contributed by atoms with E-state index in [-0.39, 0.29) is 17.1 Å². The van der Waals surface area contributed by atoms with Gasteiger partial charge in [0.05, 0.1) is 23.3 Å². The predicted molar refractivity (Wildman–Crippen MR) is 340 cm³/mol. The van der Waals surface area contributed by atoms with Crippen molar-refractivity contribution < 1.29 is 17.1 Å². The van der Waals surface area contributed by atoms with Crippen LogP contribution in [0.3, 0.4) is 0 Å². The van der Waals surface area contributed by atoms with Gasteiger partial charge in [-0.25, -0.2) is 16.5 Å². The van der Waals surface area contributed by atoms with Gasteiger partial charge >= 0.3 is 17.1 Å². The van der Waals surface area contributed by atoms with Crippen LogP contribution in [0.5, 0.6) is 0 Å². The first kappa shape index (κ1) is 55.6. The van der Waals surface area contributed by atoms with E-state index in [9.17, 15) is 0 Å². The van der Waals surface area contributed by atoms with Crippen LogP contribution in [-0.4, -0.2) is 35.9 Å². The van der Waals surface area contributed by atoms with E-state index in [1.54, 1.807) is 0 Å². The van der Waals surface area contributed by atoms with Crippen LogP contribution in [-0.2, 0) is 17.1 Å². The molecule has 0 N–H and O–H groups in total. The minimum atomic E-state index is 0. The first-order valence-electron chi connectivity index (χ1n) is 28.8. The Morgan fingerprint density at radius 2 is 0.588 bits per heavy atom. The van der Waals surface area contributed by atoms with Crippen LogP contribution in [0.15, 0.2) is 218 Å². The Morgan fingerprint density at radius 1 is 0.318 bits per heavy atom. The van der Waals surface area contributed by atoms with Crippen molar-refractivity contribution in [3.05, 3.63) is 298 Å². The molecule has 10 heteroatoms. The van der Waals surface area contributed by atoms with Gasteiger partial charge in [-0.1, -0.05) is 247 Å². The summed E-state index contributed by atoms with van der Waals surface area (Å²) in [6.45, 7) is 15.1. The van der Waals surface area contributed by atoms with Crippen molar-refractivity contribution in [2.24, 2.45) is 0 Å². The van der Waals surface area contributed by atoms with Crippen molar-refractivity contribution in [1.29, 1.82) is 0 Å². The molecular weight excluding hydrogens is 1080 g/mol. The third kappa shape index (κ3) is 11.4. The van der Waals surface area contributed by atoms with E-state index in [1.165, 1.54) is 19.3 Å². The van der Waals surface area contributed by atoms with Crippen molar-refractivity contribution >= 4 is 44.9 Å². The van der Waals surface area contributed by atoms with Gasteiger partial charge in [0, 0.05) is 80.0 Å². The minimum absolute atomic E-state index is 0. The molecular formula is C75H59FeN9. The second kappa shape index (κ2) is 24.5. The first-order chi connectivity index (χ1) is 41.2. The van der Waals surface area contributed by atoms with Gasteiger partial charge in [0.25, 0.3) is 0 Å². The molecule has 5 heterocycles. The molecule has 3 aliphatic rings. The maximum atomic E-state index is 6.72. The summed E-state index contributed by atoms with van der Waals surface area (Å²) in [4.78, 5) is 48.3. The molecule has 85 heavy (non-hydrogen) atoms. The third-order valence-electron chi connectivity index (χ3n) is 15.7. The van der Waals surface area contributed by atoms with Gasteiger partial charge in [-0.15, -0.1) is 0 Å². The first-order valence-corrected chi connectivity index (χ1v) is 28.8. The molecule has 3 aromatic heterocycles. The number of hydrogen-bond acceptors (Lipinski definition) is 6. The second-order valence-corrected chi connectivity index (χ2v) is 21.8. The number of benzene rings is 8. The van der Waals surface area contributed by atoms with Gasteiger partial charge in [0.2, 0.25) is 6.04 Å². The van der Waals surface area contributed by atoms with E-state index in [2.05, 4.69) is 178 Å². The van der Waals surface area contributed by atoms with E-state index in [1.807, 2.05) is 72.8 Å². The van der Waals surface area contributed by atoms with Crippen LogP contribution >= 0.6 is 0 Å². The molecule has 1 fully saturated rings. The Labute approximate surface area is 506 Å². The van der Waals surface area contributed by atoms with Crippen LogP contribution in [0.2, 0.25) is 0 Å². The number of rotatable bonds is 8. The molecule has 0 unspecified atom stereocenters. The van der Waals surface area contributed by atoms with E-state index in [0.717, 1.165) is 124 Å². The van der Waals surface area contributed by atoms with Crippen molar-refractivity contribution in [2.75, 3.05) is 0 Å². The fraction of sp³-hybridized carbons (Fsp3) is 0.133. The predicted octanol–water partition coefficient (Wildman–Crippen LogP) is 17.3. The largest absolute Gasteiger partial charge is 2.00 e. The molecule has 0 radical (unpaired) electrons. The summed E-state index contributed by atoms with van der Waals surface area (Å²) < 4.78 is 0. The topological polar surface area (TPSA) is 110 Å². The Balaban J connectivity index is 0.000000730. The molecule has 9 nitrogen and oxygen atoms in total. The molecule has 1 saturated carbocycles. The van der Waals surface area contributed by atoms with Crippen molar-refractivity contribution in [1.82, 2.24) is 39.9 Å². The zero-order chi connectivity index (χ0) is 57.1. The molecule has 2 aliphatic heterocycles. The summed E-state index contributed by atoms with van der Waals surface area (Å²) in [6, 6.07) is 75.7. The number of fused-ring (bicyclic) bond motifs is 8. The SMILES string of the molecule is Cc1cccc(C2=C(c3ccccc3)c3nc2nc2[n-]c(nc4nc(nc5[n-]c(n3)c(-c3cccc(C)c3)c5-c3ccccc3)C(c3cccc(C)c3)=C4c3ccccc3)c(-c3cccc(C)c3)c2-c2ccccc2)c1.[C-]#[N+]C1CCCCC1.[Fe+2].